The summed E-state index contributed by atoms with van der Waals surface area (Å²) in [7, 11) is -2.57. The zero-order chi connectivity index (χ0) is 13.8. The third kappa shape index (κ3) is 7.67. The molecule has 0 heterocycles. The average molecular weight is 520 g/mol. The number of methoxy groups -OCH3 is 1. The molecule has 5 nitrogen and oxygen atoms in total. The summed E-state index contributed by atoms with van der Waals surface area (Å²) in [5.74, 6) is 1.01. The molecule has 1 aromatic rings. The number of halogens is 2. The molecule has 0 amide bonds. The van der Waals surface area contributed by atoms with Crippen LogP contribution in [0.2, 0.25) is 0 Å². The summed E-state index contributed by atoms with van der Waals surface area (Å²) in [5.41, 5.74) is 0. The molecule has 19 heavy (non-hydrogen) atoms. The van der Waals surface area contributed by atoms with Crippen LogP contribution in [-0.4, -0.2) is 32.4 Å². The van der Waals surface area contributed by atoms with Gasteiger partial charge < -0.3 is 14.0 Å². The van der Waals surface area contributed by atoms with Gasteiger partial charge in [0.25, 0.3) is 0 Å². The van der Waals surface area contributed by atoms with Crippen LogP contribution in [-0.2, 0) is 10.1 Å². The first-order valence-electron chi connectivity index (χ1n) is 4.93. The fourth-order valence-electron chi connectivity index (χ4n) is 1.20. The normalized spacial score (nSPS) is 10.7. The van der Waals surface area contributed by atoms with E-state index in [1.807, 2.05) is 12.1 Å². The predicted octanol–water partition coefficient (Wildman–Crippen LogP) is -0.777. The van der Waals surface area contributed by atoms with Gasteiger partial charge >= 0.3 is 29.6 Å². The minimum atomic E-state index is -4.16. The van der Waals surface area contributed by atoms with Crippen LogP contribution in [0.15, 0.2) is 12.1 Å². The third-order valence-electron chi connectivity index (χ3n) is 2.00. The van der Waals surface area contributed by atoms with Crippen LogP contribution in [0.3, 0.4) is 0 Å². The van der Waals surface area contributed by atoms with Gasteiger partial charge in [-0.1, -0.05) is 0 Å². The SMILES string of the molecule is COc1cc(I)c(OCCCS(=O)(=O)[O-])cc1I.[Na+]. The molecule has 0 saturated heterocycles. The largest absolute Gasteiger partial charge is 1.00 e. The van der Waals surface area contributed by atoms with Gasteiger partial charge in [-0.2, -0.15) is 0 Å². The Hall–Kier alpha value is 1.19. The molecule has 0 aromatic heterocycles. The summed E-state index contributed by atoms with van der Waals surface area (Å²) in [6.45, 7) is 0.194. The summed E-state index contributed by atoms with van der Waals surface area (Å²) in [6.07, 6.45) is 0.185. The summed E-state index contributed by atoms with van der Waals surface area (Å²) >= 11 is 4.23. The molecular formula is C10H11I2NaO5S. The maximum absolute atomic E-state index is 10.4. The molecule has 0 atom stereocenters. The Kier molecular flexibility index (Phi) is 9.84. The van der Waals surface area contributed by atoms with Crippen LogP contribution in [0.4, 0.5) is 0 Å². The Morgan fingerprint density at radius 3 is 2.26 bits per heavy atom. The smallest absolute Gasteiger partial charge is 0.748 e. The molecule has 0 spiro atoms. The van der Waals surface area contributed by atoms with Crippen molar-refractivity contribution in [3.8, 4) is 11.5 Å². The number of rotatable bonds is 6. The summed E-state index contributed by atoms with van der Waals surface area (Å²) in [6, 6.07) is 3.65. The molecule has 0 saturated carbocycles. The molecule has 0 aliphatic heterocycles. The number of benzene rings is 1. The molecule has 0 fully saturated rings. The van der Waals surface area contributed by atoms with Gasteiger partial charge in [0.05, 0.1) is 31.0 Å². The van der Waals surface area contributed by atoms with E-state index in [9.17, 15) is 13.0 Å². The number of ether oxygens (including phenoxy) is 2. The monoisotopic (exact) mass is 520 g/mol. The van der Waals surface area contributed by atoms with Gasteiger partial charge in [0.1, 0.15) is 11.5 Å². The standard InChI is InChI=1S/C10H12I2O5S.Na/c1-16-9-5-8(12)10(6-7(9)11)17-3-2-4-18(13,14)15;/h5-6H,2-4H2,1H3,(H,13,14,15);/q;+1/p-1. The van der Waals surface area contributed by atoms with Gasteiger partial charge in [-0.3, -0.25) is 0 Å². The van der Waals surface area contributed by atoms with Crippen molar-refractivity contribution in [3.05, 3.63) is 19.3 Å². The Bertz CT molecular complexity index is 521. The van der Waals surface area contributed by atoms with Crippen LogP contribution in [0.1, 0.15) is 6.42 Å². The van der Waals surface area contributed by atoms with Crippen LogP contribution >= 0.6 is 45.2 Å². The van der Waals surface area contributed by atoms with Gasteiger partial charge in [0.15, 0.2) is 0 Å². The maximum atomic E-state index is 10.4. The van der Waals surface area contributed by atoms with Crippen molar-refractivity contribution in [3.63, 3.8) is 0 Å². The number of hydrogen-bond acceptors (Lipinski definition) is 5. The van der Waals surface area contributed by atoms with Crippen molar-refractivity contribution in [2.45, 2.75) is 6.42 Å². The maximum Gasteiger partial charge on any atom is 1.00 e. The van der Waals surface area contributed by atoms with Crippen molar-refractivity contribution in [1.82, 2.24) is 0 Å². The van der Waals surface area contributed by atoms with Crippen molar-refractivity contribution in [2.24, 2.45) is 0 Å². The zero-order valence-electron chi connectivity index (χ0n) is 10.5. The molecule has 0 aliphatic carbocycles. The average Bonchev–Trinajstić information content (AvgIpc) is 2.27. The van der Waals surface area contributed by atoms with Crippen LogP contribution < -0.4 is 39.0 Å². The van der Waals surface area contributed by atoms with Crippen molar-refractivity contribution in [2.75, 3.05) is 19.5 Å². The molecule has 1 rings (SSSR count). The van der Waals surface area contributed by atoms with E-state index < -0.39 is 15.9 Å². The fourth-order valence-corrected chi connectivity index (χ4v) is 2.92. The first-order valence-corrected chi connectivity index (χ1v) is 8.66. The van der Waals surface area contributed by atoms with E-state index in [1.54, 1.807) is 7.11 Å². The van der Waals surface area contributed by atoms with Gasteiger partial charge in [-0.05, 0) is 63.7 Å². The molecule has 9 heteroatoms. The third-order valence-corrected chi connectivity index (χ3v) is 4.48. The van der Waals surface area contributed by atoms with Gasteiger partial charge in [-0.15, -0.1) is 0 Å². The quantitative estimate of drug-likeness (QED) is 0.213. The molecular weight excluding hydrogens is 509 g/mol. The summed E-state index contributed by atoms with van der Waals surface area (Å²) in [5, 5.41) is 0. The van der Waals surface area contributed by atoms with Crippen molar-refractivity contribution in [1.29, 1.82) is 0 Å². The minimum Gasteiger partial charge on any atom is -0.748 e. The second-order valence-corrected chi connectivity index (χ2v) is 7.23. The molecule has 0 unspecified atom stereocenters. The second-order valence-electron chi connectivity index (χ2n) is 3.38. The first-order chi connectivity index (χ1) is 8.33. The van der Waals surface area contributed by atoms with E-state index in [0.29, 0.717) is 5.75 Å². The molecule has 102 valence electrons. The Morgan fingerprint density at radius 1 is 1.21 bits per heavy atom. The topological polar surface area (TPSA) is 75.7 Å². The molecule has 0 bridgehead atoms. The molecule has 0 radical (unpaired) electrons. The zero-order valence-corrected chi connectivity index (χ0v) is 17.6. The van der Waals surface area contributed by atoms with Crippen LogP contribution in [0.5, 0.6) is 11.5 Å². The number of hydrogen-bond donors (Lipinski definition) is 0. The van der Waals surface area contributed by atoms with E-state index in [-0.39, 0.29) is 42.6 Å². The minimum absolute atomic E-state index is 0. The van der Waals surface area contributed by atoms with Gasteiger partial charge in [0.2, 0.25) is 0 Å². The molecule has 0 N–H and O–H groups in total. The Labute approximate surface area is 162 Å². The molecule has 1 aromatic carbocycles. The van der Waals surface area contributed by atoms with E-state index >= 15 is 0 Å². The van der Waals surface area contributed by atoms with E-state index in [1.165, 1.54) is 0 Å². The Morgan fingerprint density at radius 2 is 1.74 bits per heavy atom. The van der Waals surface area contributed by atoms with Crippen molar-refractivity contribution < 1.29 is 52.0 Å². The van der Waals surface area contributed by atoms with Gasteiger partial charge in [-0.25, -0.2) is 8.42 Å². The summed E-state index contributed by atoms with van der Waals surface area (Å²) < 4.78 is 43.6. The predicted molar refractivity (Wildman–Crippen MR) is 83.1 cm³/mol. The second kappa shape index (κ2) is 9.26. The first kappa shape index (κ1) is 20.2. The van der Waals surface area contributed by atoms with E-state index in [0.717, 1.165) is 12.9 Å². The Balaban J connectivity index is 0.00000324. The van der Waals surface area contributed by atoms with Gasteiger partial charge in [0, 0.05) is 5.75 Å². The van der Waals surface area contributed by atoms with Crippen molar-refractivity contribution >= 4 is 55.3 Å². The van der Waals surface area contributed by atoms with E-state index in [4.69, 9.17) is 9.47 Å². The fraction of sp³-hybridized carbons (Fsp3) is 0.400. The molecule has 0 aliphatic rings. The summed E-state index contributed by atoms with van der Waals surface area (Å²) in [4.78, 5) is 0. The van der Waals surface area contributed by atoms with Crippen LogP contribution in [0, 0.1) is 7.14 Å². The van der Waals surface area contributed by atoms with E-state index in [2.05, 4.69) is 45.2 Å². The van der Waals surface area contributed by atoms with Crippen LogP contribution in [0.25, 0.3) is 0 Å².